The second-order valence-corrected chi connectivity index (χ2v) is 3.74. The van der Waals surface area contributed by atoms with Crippen LogP contribution in [-0.4, -0.2) is 29.9 Å². The molecule has 0 bridgehead atoms. The minimum Gasteiger partial charge on any atom is -0.303 e. The highest BCUT2D eigenvalue weighted by atomic mass is 79.9. The lowest BCUT2D eigenvalue weighted by Crippen LogP contribution is -2.26. The molecule has 0 aromatic heterocycles. The van der Waals surface area contributed by atoms with Gasteiger partial charge in [0.15, 0.2) is 0 Å². The van der Waals surface area contributed by atoms with Gasteiger partial charge in [0, 0.05) is 11.9 Å². The molecule has 0 spiro atoms. The first kappa shape index (κ1) is 11.9. The fourth-order valence-corrected chi connectivity index (χ4v) is 1.98. The molecule has 1 nitrogen and oxygen atoms in total. The van der Waals surface area contributed by atoms with Gasteiger partial charge in [-0.25, -0.2) is 0 Å². The van der Waals surface area contributed by atoms with Crippen molar-refractivity contribution in [2.24, 2.45) is 0 Å². The molecule has 0 aromatic rings. The van der Waals surface area contributed by atoms with Crippen LogP contribution in [0.25, 0.3) is 0 Å². The Morgan fingerprint density at radius 3 is 2.00 bits per heavy atom. The number of alkyl halides is 1. The number of halogens is 2. The monoisotopic (exact) mass is 285 g/mol. The van der Waals surface area contributed by atoms with Crippen LogP contribution >= 0.6 is 32.9 Å². The van der Waals surface area contributed by atoms with Gasteiger partial charge in [-0.2, -0.15) is 0 Å². The lowest BCUT2D eigenvalue weighted by atomic mass is 10.2. The van der Waals surface area contributed by atoms with Crippen LogP contribution in [0.3, 0.4) is 0 Å². The van der Waals surface area contributed by atoms with Crippen LogP contribution in [0.2, 0.25) is 0 Å². The number of hydrogen-bond donors (Lipinski definition) is 0. The van der Waals surface area contributed by atoms with Gasteiger partial charge in [0.2, 0.25) is 0 Å². The Labute approximate surface area is 88.4 Å². The zero-order valence-electron chi connectivity index (χ0n) is 6.89. The maximum Gasteiger partial charge on any atom is 0.0159 e. The highest BCUT2D eigenvalue weighted by molar-refractivity contribution is 9.09. The molecule has 68 valence electrons. The standard InChI is InChI=1S/C8H16BrN.BrH/c9-5-8-10-6-3-1-2-4-7-10;/h1-8H2;1H. The van der Waals surface area contributed by atoms with E-state index in [1.807, 2.05) is 0 Å². The third-order valence-corrected chi connectivity index (χ3v) is 2.45. The zero-order chi connectivity index (χ0) is 7.23. The Kier molecular flexibility index (Phi) is 8.20. The van der Waals surface area contributed by atoms with E-state index in [0.717, 1.165) is 5.33 Å². The van der Waals surface area contributed by atoms with Crippen molar-refractivity contribution in [3.63, 3.8) is 0 Å². The van der Waals surface area contributed by atoms with Crippen molar-refractivity contribution >= 4 is 32.9 Å². The molecule has 0 radical (unpaired) electrons. The molecule has 0 aromatic carbocycles. The van der Waals surface area contributed by atoms with Gasteiger partial charge in [-0.1, -0.05) is 28.8 Å². The van der Waals surface area contributed by atoms with Gasteiger partial charge in [0.25, 0.3) is 0 Å². The van der Waals surface area contributed by atoms with E-state index < -0.39 is 0 Å². The average molecular weight is 287 g/mol. The molecule has 1 rings (SSSR count). The summed E-state index contributed by atoms with van der Waals surface area (Å²) in [5.41, 5.74) is 0. The molecule has 0 atom stereocenters. The maximum absolute atomic E-state index is 3.47. The molecule has 0 saturated carbocycles. The van der Waals surface area contributed by atoms with Gasteiger partial charge in [-0.15, -0.1) is 17.0 Å². The number of rotatable bonds is 2. The summed E-state index contributed by atoms with van der Waals surface area (Å²) in [6, 6.07) is 0. The summed E-state index contributed by atoms with van der Waals surface area (Å²) in [5, 5.41) is 1.13. The minimum absolute atomic E-state index is 0. The normalized spacial score (nSPS) is 20.5. The fourth-order valence-electron chi connectivity index (χ4n) is 1.48. The van der Waals surface area contributed by atoms with Crippen molar-refractivity contribution < 1.29 is 0 Å². The number of hydrogen-bond acceptors (Lipinski definition) is 1. The Bertz CT molecular complexity index is 80.2. The summed E-state index contributed by atoms with van der Waals surface area (Å²) in [6.45, 7) is 3.89. The quantitative estimate of drug-likeness (QED) is 0.706. The van der Waals surface area contributed by atoms with Gasteiger partial charge < -0.3 is 4.90 Å². The van der Waals surface area contributed by atoms with E-state index in [2.05, 4.69) is 20.8 Å². The van der Waals surface area contributed by atoms with Crippen LogP contribution in [0.5, 0.6) is 0 Å². The summed E-state index contributed by atoms with van der Waals surface area (Å²) < 4.78 is 0. The van der Waals surface area contributed by atoms with E-state index in [0.29, 0.717) is 0 Å². The first-order valence-electron chi connectivity index (χ1n) is 4.22. The SMILES string of the molecule is Br.BrCCN1CCCCCC1. The van der Waals surface area contributed by atoms with Crippen molar-refractivity contribution in [2.75, 3.05) is 25.0 Å². The van der Waals surface area contributed by atoms with E-state index >= 15 is 0 Å². The lowest BCUT2D eigenvalue weighted by Gasteiger charge is -2.17. The Balaban J connectivity index is 0.000001000. The predicted octanol–water partition coefficient (Wildman–Crippen LogP) is 2.84. The molecule has 0 amide bonds. The molecule has 1 aliphatic heterocycles. The van der Waals surface area contributed by atoms with E-state index in [9.17, 15) is 0 Å². The highest BCUT2D eigenvalue weighted by Gasteiger charge is 2.06. The van der Waals surface area contributed by atoms with Crippen LogP contribution < -0.4 is 0 Å². The largest absolute Gasteiger partial charge is 0.303 e. The second kappa shape index (κ2) is 7.56. The van der Waals surface area contributed by atoms with Gasteiger partial charge in [0.05, 0.1) is 0 Å². The Hall–Kier alpha value is 0.920. The Morgan fingerprint density at radius 2 is 1.55 bits per heavy atom. The smallest absolute Gasteiger partial charge is 0.0159 e. The van der Waals surface area contributed by atoms with Crippen molar-refractivity contribution in [3.8, 4) is 0 Å². The molecule has 1 fully saturated rings. The van der Waals surface area contributed by atoms with E-state index in [1.165, 1.54) is 45.3 Å². The molecular formula is C8H17Br2N. The first-order valence-corrected chi connectivity index (χ1v) is 5.34. The molecule has 1 saturated heterocycles. The molecule has 0 unspecified atom stereocenters. The summed E-state index contributed by atoms with van der Waals surface area (Å²) in [6.07, 6.45) is 5.71. The fraction of sp³-hybridized carbons (Fsp3) is 1.00. The van der Waals surface area contributed by atoms with Crippen LogP contribution in [0.1, 0.15) is 25.7 Å². The number of likely N-dealkylation sites (tertiary alicyclic amines) is 1. The lowest BCUT2D eigenvalue weighted by molar-refractivity contribution is 0.304. The molecule has 3 heteroatoms. The van der Waals surface area contributed by atoms with Crippen molar-refractivity contribution in [1.29, 1.82) is 0 Å². The third-order valence-electron chi connectivity index (χ3n) is 2.10. The van der Waals surface area contributed by atoms with Gasteiger partial charge in [-0.05, 0) is 25.9 Å². The van der Waals surface area contributed by atoms with Crippen LogP contribution in [0, 0.1) is 0 Å². The van der Waals surface area contributed by atoms with Crippen LogP contribution in [0.15, 0.2) is 0 Å². The van der Waals surface area contributed by atoms with Gasteiger partial charge >= 0.3 is 0 Å². The molecular weight excluding hydrogens is 270 g/mol. The summed E-state index contributed by atoms with van der Waals surface area (Å²) in [4.78, 5) is 2.56. The van der Waals surface area contributed by atoms with Crippen molar-refractivity contribution in [3.05, 3.63) is 0 Å². The third kappa shape index (κ3) is 5.21. The minimum atomic E-state index is 0. The molecule has 11 heavy (non-hydrogen) atoms. The van der Waals surface area contributed by atoms with Crippen LogP contribution in [-0.2, 0) is 0 Å². The average Bonchev–Trinajstić information content (AvgIpc) is 2.17. The summed E-state index contributed by atoms with van der Waals surface area (Å²) in [7, 11) is 0. The summed E-state index contributed by atoms with van der Waals surface area (Å²) >= 11 is 3.47. The van der Waals surface area contributed by atoms with Gasteiger partial charge in [-0.3, -0.25) is 0 Å². The van der Waals surface area contributed by atoms with E-state index in [1.54, 1.807) is 0 Å². The van der Waals surface area contributed by atoms with Crippen molar-refractivity contribution in [1.82, 2.24) is 4.90 Å². The van der Waals surface area contributed by atoms with Crippen LogP contribution in [0.4, 0.5) is 0 Å². The van der Waals surface area contributed by atoms with Crippen molar-refractivity contribution in [2.45, 2.75) is 25.7 Å². The highest BCUT2D eigenvalue weighted by Crippen LogP contribution is 2.09. The number of nitrogens with zero attached hydrogens (tertiary/aromatic N) is 1. The van der Waals surface area contributed by atoms with E-state index in [4.69, 9.17) is 0 Å². The molecule has 0 aliphatic carbocycles. The first-order chi connectivity index (χ1) is 4.93. The summed E-state index contributed by atoms with van der Waals surface area (Å²) in [5.74, 6) is 0. The topological polar surface area (TPSA) is 3.24 Å². The predicted molar refractivity (Wildman–Crippen MR) is 59.0 cm³/mol. The zero-order valence-corrected chi connectivity index (χ0v) is 10.2. The van der Waals surface area contributed by atoms with Gasteiger partial charge in [0.1, 0.15) is 0 Å². The molecule has 0 N–H and O–H groups in total. The Morgan fingerprint density at radius 1 is 1.00 bits per heavy atom. The maximum atomic E-state index is 3.47. The van der Waals surface area contributed by atoms with E-state index in [-0.39, 0.29) is 17.0 Å². The molecule has 1 heterocycles. The second-order valence-electron chi connectivity index (χ2n) is 2.94. The molecule has 1 aliphatic rings.